The highest BCUT2D eigenvalue weighted by molar-refractivity contribution is 9.10. The van der Waals surface area contributed by atoms with E-state index in [0.29, 0.717) is 11.3 Å². The van der Waals surface area contributed by atoms with Crippen molar-refractivity contribution in [3.8, 4) is 33.5 Å². The van der Waals surface area contributed by atoms with Gasteiger partial charge in [-0.3, -0.25) is 0 Å². The van der Waals surface area contributed by atoms with Crippen LogP contribution in [0.25, 0.3) is 33.5 Å². The fraction of sp³-hybridized carbons (Fsp3) is 0.0435. The highest BCUT2D eigenvalue weighted by Crippen LogP contribution is 2.42. The quantitative estimate of drug-likeness (QED) is 0.333. The lowest BCUT2D eigenvalue weighted by atomic mass is 9.93. The molecular weight excluding hydrogens is 427 g/mol. The van der Waals surface area contributed by atoms with Gasteiger partial charge in [0.15, 0.2) is 0 Å². The number of alkyl halides is 3. The van der Waals surface area contributed by atoms with E-state index in [2.05, 4.69) is 20.9 Å². The molecule has 28 heavy (non-hydrogen) atoms. The monoisotopic (exact) mass is 441 g/mol. The molecule has 0 fully saturated rings. The Morgan fingerprint density at radius 2 is 1.36 bits per heavy atom. The highest BCUT2D eigenvalue weighted by Gasteiger charge is 2.34. The van der Waals surface area contributed by atoms with Gasteiger partial charge in [0.2, 0.25) is 0 Å². The minimum atomic E-state index is -4.45. The summed E-state index contributed by atoms with van der Waals surface area (Å²) in [6, 6.07) is 22.8. The topological polar surface area (TPSA) is 15.8 Å². The third-order valence-corrected chi connectivity index (χ3v) is 5.13. The molecule has 0 aliphatic heterocycles. The average molecular weight is 442 g/mol. The molecule has 1 nitrogen and oxygen atoms in total. The summed E-state index contributed by atoms with van der Waals surface area (Å²) in [6.07, 6.45) is -2.77. The predicted molar refractivity (Wildman–Crippen MR) is 110 cm³/mol. The van der Waals surface area contributed by atoms with Crippen LogP contribution in [-0.4, -0.2) is 4.98 Å². The van der Waals surface area contributed by atoms with Gasteiger partial charge in [0, 0.05) is 16.2 Å². The Hall–Kier alpha value is -2.79. The molecule has 1 heterocycles. The first-order valence-corrected chi connectivity index (χ1v) is 9.43. The van der Waals surface area contributed by atoms with Crippen LogP contribution in [0.4, 0.5) is 13.2 Å². The number of rotatable bonds is 3. The van der Waals surface area contributed by atoms with Gasteiger partial charge < -0.3 is 4.98 Å². The Morgan fingerprint density at radius 3 is 2.04 bits per heavy atom. The normalized spacial score (nSPS) is 11.6. The third-order valence-electron chi connectivity index (χ3n) is 4.60. The fourth-order valence-corrected chi connectivity index (χ4v) is 3.54. The molecule has 4 aromatic rings. The van der Waals surface area contributed by atoms with Crippen molar-refractivity contribution >= 4 is 15.9 Å². The van der Waals surface area contributed by atoms with Gasteiger partial charge in [0.1, 0.15) is 0 Å². The Bertz CT molecular complexity index is 1100. The zero-order valence-electron chi connectivity index (χ0n) is 14.6. The zero-order valence-corrected chi connectivity index (χ0v) is 16.2. The second-order valence-corrected chi connectivity index (χ2v) is 7.31. The second-order valence-electron chi connectivity index (χ2n) is 6.40. The molecule has 0 atom stereocenters. The smallest absolute Gasteiger partial charge is 0.361 e. The number of halogens is 4. The molecule has 3 aromatic carbocycles. The van der Waals surface area contributed by atoms with Gasteiger partial charge in [-0.2, -0.15) is 13.2 Å². The van der Waals surface area contributed by atoms with Crippen molar-refractivity contribution in [1.29, 1.82) is 0 Å². The van der Waals surface area contributed by atoms with Crippen LogP contribution < -0.4 is 0 Å². The minimum absolute atomic E-state index is 0.160. The summed E-state index contributed by atoms with van der Waals surface area (Å²) in [6.45, 7) is 0. The Labute approximate surface area is 169 Å². The van der Waals surface area contributed by atoms with Crippen molar-refractivity contribution in [1.82, 2.24) is 4.98 Å². The largest absolute Gasteiger partial charge is 0.417 e. The van der Waals surface area contributed by atoms with E-state index >= 15 is 0 Å². The van der Waals surface area contributed by atoms with E-state index in [-0.39, 0.29) is 5.56 Å². The first kappa shape index (κ1) is 18.6. The van der Waals surface area contributed by atoms with Crippen molar-refractivity contribution < 1.29 is 13.2 Å². The number of nitrogens with one attached hydrogen (secondary N) is 1. The lowest BCUT2D eigenvalue weighted by molar-refractivity contribution is -0.137. The molecule has 0 aliphatic carbocycles. The molecule has 0 bridgehead atoms. The first-order valence-electron chi connectivity index (χ1n) is 8.64. The SMILES string of the molecule is FC(F)(F)c1ccc(-c2ccc(Br)cc2)cc1-c1cc[nH]c1-c1ccccc1. The summed E-state index contributed by atoms with van der Waals surface area (Å²) >= 11 is 3.38. The summed E-state index contributed by atoms with van der Waals surface area (Å²) in [5.41, 5.74) is 3.13. The summed E-state index contributed by atoms with van der Waals surface area (Å²) in [4.78, 5) is 3.09. The Balaban J connectivity index is 1.91. The van der Waals surface area contributed by atoms with Crippen LogP contribution in [0, 0.1) is 0 Å². The molecule has 1 N–H and O–H groups in total. The summed E-state index contributed by atoms with van der Waals surface area (Å²) < 4.78 is 42.2. The summed E-state index contributed by atoms with van der Waals surface area (Å²) in [5, 5.41) is 0. The van der Waals surface area contributed by atoms with Gasteiger partial charge in [-0.15, -0.1) is 0 Å². The molecule has 0 saturated heterocycles. The van der Waals surface area contributed by atoms with E-state index in [4.69, 9.17) is 0 Å². The molecule has 1 aromatic heterocycles. The molecule has 4 rings (SSSR count). The van der Waals surface area contributed by atoms with Gasteiger partial charge in [0.25, 0.3) is 0 Å². The van der Waals surface area contributed by atoms with Crippen LogP contribution in [0.3, 0.4) is 0 Å². The third kappa shape index (κ3) is 3.62. The van der Waals surface area contributed by atoms with Gasteiger partial charge in [-0.1, -0.05) is 64.5 Å². The van der Waals surface area contributed by atoms with E-state index < -0.39 is 11.7 Å². The average Bonchev–Trinajstić information content (AvgIpc) is 3.18. The first-order chi connectivity index (χ1) is 13.4. The number of hydrogen-bond donors (Lipinski definition) is 1. The van der Waals surface area contributed by atoms with Gasteiger partial charge in [-0.25, -0.2) is 0 Å². The number of benzene rings is 3. The fourth-order valence-electron chi connectivity index (χ4n) is 3.27. The van der Waals surface area contributed by atoms with E-state index in [1.165, 1.54) is 6.07 Å². The van der Waals surface area contributed by atoms with Crippen molar-refractivity contribution in [2.24, 2.45) is 0 Å². The maximum Gasteiger partial charge on any atom is 0.417 e. The molecule has 5 heteroatoms. The molecular formula is C23H15BrF3N. The molecule has 0 saturated carbocycles. The maximum absolute atomic E-state index is 13.7. The van der Waals surface area contributed by atoms with Crippen LogP contribution in [-0.2, 0) is 6.18 Å². The van der Waals surface area contributed by atoms with E-state index in [1.807, 2.05) is 54.6 Å². The van der Waals surface area contributed by atoms with Crippen LogP contribution >= 0.6 is 15.9 Å². The van der Waals surface area contributed by atoms with Crippen LogP contribution in [0.5, 0.6) is 0 Å². The van der Waals surface area contributed by atoms with E-state index in [1.54, 1.807) is 18.3 Å². The molecule has 140 valence electrons. The van der Waals surface area contributed by atoms with E-state index in [9.17, 15) is 13.2 Å². The number of hydrogen-bond acceptors (Lipinski definition) is 0. The second kappa shape index (κ2) is 7.32. The Kier molecular flexibility index (Phi) is 4.85. The zero-order chi connectivity index (χ0) is 19.7. The summed E-state index contributed by atoms with van der Waals surface area (Å²) in [7, 11) is 0. The Morgan fingerprint density at radius 1 is 0.679 bits per heavy atom. The number of aromatic nitrogens is 1. The lowest BCUT2D eigenvalue weighted by Gasteiger charge is -2.16. The van der Waals surface area contributed by atoms with Crippen molar-refractivity contribution in [3.05, 3.63) is 95.1 Å². The number of aromatic amines is 1. The predicted octanol–water partition coefficient (Wildman–Crippen LogP) is 7.80. The van der Waals surface area contributed by atoms with Crippen LogP contribution in [0.2, 0.25) is 0 Å². The van der Waals surface area contributed by atoms with Crippen molar-refractivity contribution in [3.63, 3.8) is 0 Å². The molecule has 0 aliphatic rings. The standard InChI is InChI=1S/C23H15BrF3N/c24-18-9-6-15(7-10-18)17-8-11-21(23(25,26)27)20(14-17)19-12-13-28-22(19)16-4-2-1-3-5-16/h1-14,28H. The number of H-pyrrole nitrogens is 1. The minimum Gasteiger partial charge on any atom is -0.361 e. The van der Waals surface area contributed by atoms with Gasteiger partial charge >= 0.3 is 6.18 Å². The summed E-state index contributed by atoms with van der Waals surface area (Å²) in [5.74, 6) is 0. The highest BCUT2D eigenvalue weighted by atomic mass is 79.9. The van der Waals surface area contributed by atoms with Gasteiger partial charge in [0.05, 0.1) is 11.3 Å². The van der Waals surface area contributed by atoms with E-state index in [0.717, 1.165) is 27.2 Å². The van der Waals surface area contributed by atoms with Crippen molar-refractivity contribution in [2.45, 2.75) is 6.18 Å². The molecule has 0 spiro atoms. The molecule has 0 radical (unpaired) electrons. The van der Waals surface area contributed by atoms with Crippen molar-refractivity contribution in [2.75, 3.05) is 0 Å². The van der Waals surface area contributed by atoms with Gasteiger partial charge in [-0.05, 0) is 52.6 Å². The lowest BCUT2D eigenvalue weighted by Crippen LogP contribution is -2.07. The maximum atomic E-state index is 13.7. The molecule has 0 amide bonds. The van der Waals surface area contributed by atoms with Crippen LogP contribution in [0.15, 0.2) is 89.5 Å². The molecule has 0 unspecified atom stereocenters. The van der Waals surface area contributed by atoms with Crippen LogP contribution in [0.1, 0.15) is 5.56 Å².